The molecule has 1 atom stereocenters. The van der Waals surface area contributed by atoms with Crippen LogP contribution in [-0.4, -0.2) is 37.1 Å². The van der Waals surface area contributed by atoms with Crippen molar-refractivity contribution >= 4 is 11.9 Å². The van der Waals surface area contributed by atoms with E-state index in [1.807, 2.05) is 6.92 Å². The van der Waals surface area contributed by atoms with Crippen molar-refractivity contribution in [1.82, 2.24) is 10.6 Å². The Hall–Kier alpha value is -1.10. The molecule has 1 aliphatic carbocycles. The van der Waals surface area contributed by atoms with Crippen LogP contribution >= 0.6 is 0 Å². The number of likely N-dealkylation sites (tertiary alicyclic amines) is 1. The fourth-order valence-corrected chi connectivity index (χ4v) is 3.14. The fourth-order valence-electron chi connectivity index (χ4n) is 3.14. The van der Waals surface area contributed by atoms with E-state index in [-0.39, 0.29) is 24.0 Å². The van der Waals surface area contributed by atoms with E-state index in [9.17, 15) is 9.59 Å². The third kappa shape index (κ3) is 4.20. The van der Waals surface area contributed by atoms with Gasteiger partial charge in [-0.3, -0.25) is 10.1 Å². The van der Waals surface area contributed by atoms with Crippen LogP contribution in [0.2, 0.25) is 0 Å². The highest BCUT2D eigenvalue weighted by Gasteiger charge is 2.28. The Balaban J connectivity index is 1.73. The van der Waals surface area contributed by atoms with E-state index < -0.39 is 0 Å². The summed E-state index contributed by atoms with van der Waals surface area (Å²) in [7, 11) is 0. The monoisotopic (exact) mass is 268 g/mol. The van der Waals surface area contributed by atoms with Gasteiger partial charge in [0.15, 0.2) is 6.04 Å². The van der Waals surface area contributed by atoms with E-state index in [2.05, 4.69) is 10.6 Å². The molecule has 1 saturated carbocycles. The van der Waals surface area contributed by atoms with Crippen LogP contribution < -0.4 is 15.5 Å². The van der Waals surface area contributed by atoms with Crippen molar-refractivity contribution < 1.29 is 14.5 Å². The maximum atomic E-state index is 12.0. The zero-order chi connectivity index (χ0) is 13.7. The molecule has 0 aromatic carbocycles. The van der Waals surface area contributed by atoms with Crippen molar-refractivity contribution in [3.8, 4) is 0 Å². The first-order valence-corrected chi connectivity index (χ1v) is 7.63. The number of nitrogens with one attached hydrogen (secondary N) is 3. The molecule has 2 fully saturated rings. The Bertz CT molecular complexity index is 321. The lowest BCUT2D eigenvalue weighted by atomic mass is 10.1. The highest BCUT2D eigenvalue weighted by molar-refractivity contribution is 5.96. The zero-order valence-corrected chi connectivity index (χ0v) is 11.8. The summed E-state index contributed by atoms with van der Waals surface area (Å²) in [5.41, 5.74) is 0. The Morgan fingerprint density at radius 1 is 1.05 bits per heavy atom. The molecule has 0 aromatic rings. The molecule has 5 heteroatoms. The smallest absolute Gasteiger partial charge is 0.321 e. The summed E-state index contributed by atoms with van der Waals surface area (Å²) in [6.07, 6.45) is 8.05. The van der Waals surface area contributed by atoms with Crippen LogP contribution in [0.25, 0.3) is 0 Å². The number of urea groups is 1. The van der Waals surface area contributed by atoms with Gasteiger partial charge in [-0.1, -0.05) is 12.8 Å². The van der Waals surface area contributed by atoms with Gasteiger partial charge in [0.05, 0.1) is 13.1 Å². The fraction of sp³-hybridized carbons (Fsp3) is 0.857. The first-order valence-electron chi connectivity index (χ1n) is 7.63. The second-order valence-electron chi connectivity index (χ2n) is 5.88. The van der Waals surface area contributed by atoms with Gasteiger partial charge < -0.3 is 10.2 Å². The number of hydrogen-bond donors (Lipinski definition) is 3. The Kier molecular flexibility index (Phi) is 5.19. The van der Waals surface area contributed by atoms with Crippen molar-refractivity contribution in [2.75, 3.05) is 13.1 Å². The minimum Gasteiger partial charge on any atom is -0.335 e. The average molecular weight is 268 g/mol. The van der Waals surface area contributed by atoms with Gasteiger partial charge in [-0.05, 0) is 39.0 Å². The third-order valence-electron chi connectivity index (χ3n) is 4.43. The molecule has 3 amide bonds. The lowest BCUT2D eigenvalue weighted by Crippen LogP contribution is -3.17. The molecule has 0 radical (unpaired) electrons. The molecule has 19 heavy (non-hydrogen) atoms. The minimum absolute atomic E-state index is 0.130. The molecule has 1 heterocycles. The summed E-state index contributed by atoms with van der Waals surface area (Å²) in [5, 5.41) is 5.38. The molecule has 2 aliphatic rings. The van der Waals surface area contributed by atoms with Crippen LogP contribution in [0, 0.1) is 0 Å². The predicted octanol–water partition coefficient (Wildman–Crippen LogP) is 0.212. The molecule has 0 unspecified atom stereocenters. The van der Waals surface area contributed by atoms with Crippen molar-refractivity contribution in [1.29, 1.82) is 0 Å². The molecule has 0 bridgehead atoms. The van der Waals surface area contributed by atoms with Crippen molar-refractivity contribution in [3.63, 3.8) is 0 Å². The molecule has 1 saturated heterocycles. The van der Waals surface area contributed by atoms with Gasteiger partial charge in [0, 0.05) is 6.04 Å². The number of rotatable bonds is 3. The maximum Gasteiger partial charge on any atom is 0.321 e. The minimum atomic E-state index is -0.319. The molecule has 3 N–H and O–H groups in total. The van der Waals surface area contributed by atoms with Crippen LogP contribution in [0.3, 0.4) is 0 Å². The number of carbonyl (C=O) groups excluding carboxylic acids is 2. The lowest BCUT2D eigenvalue weighted by molar-refractivity contribution is -0.918. The van der Waals surface area contributed by atoms with E-state index in [0.717, 1.165) is 25.9 Å². The van der Waals surface area contributed by atoms with Gasteiger partial charge in [-0.2, -0.15) is 0 Å². The SMILES string of the molecule is C[C@H](C(=O)NC(=O)NC1CCCC1)[NH+]1CCCCC1. The quantitative estimate of drug-likeness (QED) is 0.685. The Morgan fingerprint density at radius 3 is 2.32 bits per heavy atom. The number of imide groups is 1. The third-order valence-corrected chi connectivity index (χ3v) is 4.43. The van der Waals surface area contributed by atoms with E-state index in [1.54, 1.807) is 0 Å². The van der Waals surface area contributed by atoms with Gasteiger partial charge in [-0.15, -0.1) is 0 Å². The van der Waals surface area contributed by atoms with Gasteiger partial charge in [0.25, 0.3) is 5.91 Å². The standard InChI is InChI=1S/C14H25N3O2/c1-11(17-9-5-2-6-10-17)13(18)16-14(19)15-12-7-3-4-8-12/h11-12H,2-10H2,1H3,(H2,15,16,18,19)/p+1/t11-/m1/s1. The van der Waals surface area contributed by atoms with Crippen LogP contribution in [0.15, 0.2) is 0 Å². The predicted molar refractivity (Wildman–Crippen MR) is 72.9 cm³/mol. The summed E-state index contributed by atoms with van der Waals surface area (Å²) < 4.78 is 0. The normalized spacial score (nSPS) is 23.0. The Morgan fingerprint density at radius 2 is 1.68 bits per heavy atom. The van der Waals surface area contributed by atoms with Crippen LogP contribution in [-0.2, 0) is 4.79 Å². The van der Waals surface area contributed by atoms with Crippen LogP contribution in [0.5, 0.6) is 0 Å². The number of carbonyl (C=O) groups is 2. The molecule has 0 spiro atoms. The molecule has 1 aliphatic heterocycles. The van der Waals surface area contributed by atoms with E-state index in [1.165, 1.54) is 37.0 Å². The summed E-state index contributed by atoms with van der Waals surface area (Å²) in [4.78, 5) is 25.1. The van der Waals surface area contributed by atoms with Crippen molar-refractivity contribution in [2.45, 2.75) is 64.0 Å². The van der Waals surface area contributed by atoms with Crippen molar-refractivity contribution in [3.05, 3.63) is 0 Å². The van der Waals surface area contributed by atoms with Gasteiger partial charge in [0.1, 0.15) is 0 Å². The number of hydrogen-bond acceptors (Lipinski definition) is 2. The molecule has 0 aromatic heterocycles. The summed E-state index contributed by atoms with van der Waals surface area (Å²) >= 11 is 0. The molecule has 2 rings (SSSR count). The number of quaternary nitrogens is 1. The summed E-state index contributed by atoms with van der Waals surface area (Å²) in [6.45, 7) is 4.00. The van der Waals surface area contributed by atoms with E-state index in [0.29, 0.717) is 0 Å². The molecule has 5 nitrogen and oxygen atoms in total. The zero-order valence-electron chi connectivity index (χ0n) is 11.8. The van der Waals surface area contributed by atoms with E-state index in [4.69, 9.17) is 0 Å². The average Bonchev–Trinajstić information content (AvgIpc) is 2.91. The van der Waals surface area contributed by atoms with E-state index >= 15 is 0 Å². The van der Waals surface area contributed by atoms with Crippen molar-refractivity contribution in [2.24, 2.45) is 0 Å². The summed E-state index contributed by atoms with van der Waals surface area (Å²) in [6, 6.07) is -0.194. The second-order valence-corrected chi connectivity index (χ2v) is 5.88. The maximum absolute atomic E-state index is 12.0. The number of amides is 3. The number of piperidine rings is 1. The van der Waals surface area contributed by atoms with Crippen LogP contribution in [0.4, 0.5) is 4.79 Å². The highest BCUT2D eigenvalue weighted by atomic mass is 16.2. The highest BCUT2D eigenvalue weighted by Crippen LogP contribution is 2.17. The molecular formula is C14H26N3O2+. The topological polar surface area (TPSA) is 62.6 Å². The van der Waals surface area contributed by atoms with Gasteiger partial charge in [0.2, 0.25) is 0 Å². The lowest BCUT2D eigenvalue weighted by Gasteiger charge is -2.28. The first-order chi connectivity index (χ1) is 9.16. The second kappa shape index (κ2) is 6.89. The largest absolute Gasteiger partial charge is 0.335 e. The summed E-state index contributed by atoms with van der Waals surface area (Å²) in [5.74, 6) is -0.146. The van der Waals surface area contributed by atoms with Gasteiger partial charge >= 0.3 is 6.03 Å². The first kappa shape index (κ1) is 14.3. The molecular weight excluding hydrogens is 242 g/mol. The van der Waals surface area contributed by atoms with Gasteiger partial charge in [-0.25, -0.2) is 4.79 Å². The molecule has 108 valence electrons. The Labute approximate surface area is 115 Å². The van der Waals surface area contributed by atoms with Crippen LogP contribution in [0.1, 0.15) is 51.9 Å².